The van der Waals surface area contributed by atoms with Crippen molar-refractivity contribution in [1.29, 1.82) is 0 Å². The van der Waals surface area contributed by atoms with E-state index in [1.807, 2.05) is 26.8 Å². The van der Waals surface area contributed by atoms with E-state index in [-0.39, 0.29) is 17.5 Å². The third kappa shape index (κ3) is 3.41. The van der Waals surface area contributed by atoms with Crippen LogP contribution in [0.15, 0.2) is 18.7 Å². The van der Waals surface area contributed by atoms with Crippen LogP contribution >= 0.6 is 23.2 Å². The van der Waals surface area contributed by atoms with Gasteiger partial charge in [-0.3, -0.25) is 4.90 Å². The van der Waals surface area contributed by atoms with Crippen molar-refractivity contribution in [3.05, 3.63) is 39.9 Å². The molecular formula is C17H21Cl2NO2. The number of rotatable bonds is 4. The van der Waals surface area contributed by atoms with Gasteiger partial charge in [0, 0.05) is 6.04 Å². The van der Waals surface area contributed by atoms with Gasteiger partial charge in [0.2, 0.25) is 0 Å². The molecule has 1 saturated carbocycles. The van der Waals surface area contributed by atoms with Gasteiger partial charge in [0.1, 0.15) is 0 Å². The van der Waals surface area contributed by atoms with E-state index < -0.39 is 6.09 Å². The summed E-state index contributed by atoms with van der Waals surface area (Å²) in [6.45, 7) is 9.80. The summed E-state index contributed by atoms with van der Waals surface area (Å²) in [5.74, 6) is 0. The molecule has 1 aliphatic rings. The van der Waals surface area contributed by atoms with Crippen molar-refractivity contribution in [3.8, 4) is 0 Å². The van der Waals surface area contributed by atoms with Gasteiger partial charge in [0.15, 0.2) is 0 Å². The summed E-state index contributed by atoms with van der Waals surface area (Å²) >= 11 is 12.6. The highest BCUT2D eigenvalue weighted by Crippen LogP contribution is 2.47. The van der Waals surface area contributed by atoms with Crippen LogP contribution in [-0.2, 0) is 0 Å². The largest absolute Gasteiger partial charge is 0.465 e. The van der Waals surface area contributed by atoms with E-state index >= 15 is 0 Å². The zero-order chi connectivity index (χ0) is 16.7. The predicted octanol–water partition coefficient (Wildman–Crippen LogP) is 5.87. The van der Waals surface area contributed by atoms with Gasteiger partial charge in [-0.2, -0.15) is 0 Å². The summed E-state index contributed by atoms with van der Waals surface area (Å²) in [4.78, 5) is 13.4. The average molecular weight is 342 g/mol. The van der Waals surface area contributed by atoms with E-state index in [0.29, 0.717) is 10.0 Å². The summed E-state index contributed by atoms with van der Waals surface area (Å²) in [6, 6.07) is 3.32. The number of hydrogen-bond donors (Lipinski definition) is 1. The number of hydrogen-bond acceptors (Lipinski definition) is 1. The molecule has 0 spiro atoms. The van der Waals surface area contributed by atoms with Crippen molar-refractivity contribution < 1.29 is 9.90 Å². The highest BCUT2D eigenvalue weighted by molar-refractivity contribution is 6.42. The van der Waals surface area contributed by atoms with E-state index in [4.69, 9.17) is 23.2 Å². The zero-order valence-corrected chi connectivity index (χ0v) is 14.6. The van der Waals surface area contributed by atoms with Crippen LogP contribution in [0.25, 0.3) is 6.08 Å². The van der Waals surface area contributed by atoms with Gasteiger partial charge >= 0.3 is 6.09 Å². The van der Waals surface area contributed by atoms with Gasteiger partial charge in [-0.1, -0.05) is 56.6 Å². The first-order valence-corrected chi connectivity index (χ1v) is 8.05. The topological polar surface area (TPSA) is 40.5 Å². The van der Waals surface area contributed by atoms with Gasteiger partial charge in [-0.25, -0.2) is 4.79 Å². The number of nitrogens with zero attached hydrogens (tertiary/aromatic N) is 1. The Kier molecular flexibility index (Phi) is 4.78. The van der Waals surface area contributed by atoms with Gasteiger partial charge < -0.3 is 5.11 Å². The first-order valence-electron chi connectivity index (χ1n) is 7.29. The molecule has 1 unspecified atom stereocenters. The Morgan fingerprint density at radius 3 is 2.41 bits per heavy atom. The van der Waals surface area contributed by atoms with Gasteiger partial charge in [-0.05, 0) is 41.5 Å². The minimum absolute atomic E-state index is 0.0592. The smallest absolute Gasteiger partial charge is 0.408 e. The van der Waals surface area contributed by atoms with Crippen LogP contribution in [0.4, 0.5) is 4.79 Å². The quantitative estimate of drug-likeness (QED) is 0.744. The van der Waals surface area contributed by atoms with E-state index in [9.17, 15) is 9.90 Å². The van der Waals surface area contributed by atoms with Gasteiger partial charge in [0.05, 0.1) is 16.1 Å². The molecule has 1 amide bonds. The molecule has 0 radical (unpaired) electrons. The molecular weight excluding hydrogens is 321 g/mol. The van der Waals surface area contributed by atoms with E-state index in [0.717, 1.165) is 24.0 Å². The lowest BCUT2D eigenvalue weighted by Crippen LogP contribution is -2.42. The van der Waals surface area contributed by atoms with E-state index in [2.05, 4.69) is 6.58 Å². The van der Waals surface area contributed by atoms with Crippen molar-refractivity contribution in [2.45, 2.75) is 45.7 Å². The van der Waals surface area contributed by atoms with E-state index in [1.165, 1.54) is 4.90 Å². The zero-order valence-electron chi connectivity index (χ0n) is 13.1. The van der Waals surface area contributed by atoms with Gasteiger partial charge in [-0.15, -0.1) is 0 Å². The Bertz CT molecular complexity index is 603. The number of carbonyl (C=O) groups is 1. The molecule has 1 aliphatic carbocycles. The molecule has 120 valence electrons. The summed E-state index contributed by atoms with van der Waals surface area (Å²) in [5, 5.41) is 10.5. The normalized spacial score (nSPS) is 16.2. The lowest BCUT2D eigenvalue weighted by atomic mass is 9.80. The average Bonchev–Trinajstić information content (AvgIpc) is 3.21. The molecule has 1 atom stereocenters. The van der Waals surface area contributed by atoms with Crippen molar-refractivity contribution in [2.75, 3.05) is 0 Å². The molecule has 22 heavy (non-hydrogen) atoms. The number of carboxylic acid groups (broad SMARTS) is 1. The van der Waals surface area contributed by atoms with Gasteiger partial charge in [0.25, 0.3) is 0 Å². The maximum atomic E-state index is 11.8. The van der Waals surface area contributed by atoms with E-state index in [1.54, 1.807) is 12.1 Å². The second-order valence-electron chi connectivity index (χ2n) is 6.80. The number of amides is 1. The molecule has 0 aromatic heterocycles. The highest BCUT2D eigenvalue weighted by atomic mass is 35.5. The molecule has 0 heterocycles. The van der Waals surface area contributed by atoms with Crippen molar-refractivity contribution in [1.82, 2.24) is 4.90 Å². The second kappa shape index (κ2) is 6.13. The monoisotopic (exact) mass is 341 g/mol. The predicted molar refractivity (Wildman–Crippen MR) is 91.6 cm³/mol. The van der Waals surface area contributed by atoms with Crippen LogP contribution in [0.2, 0.25) is 10.0 Å². The maximum Gasteiger partial charge on any atom is 0.408 e. The molecule has 5 heteroatoms. The minimum atomic E-state index is -0.918. The standard InChI is InChI=1S/C17H21Cl2NO2/c1-5-10-8-12(14(19)13(18)9-10)15(17(2,3)4)20(16(21)22)11-6-7-11/h5,8-9,11,15H,1,6-7H2,2-4H3,(H,21,22). The Morgan fingerprint density at radius 1 is 1.41 bits per heavy atom. The summed E-state index contributed by atoms with van der Waals surface area (Å²) < 4.78 is 0. The first kappa shape index (κ1) is 17.2. The first-order chi connectivity index (χ1) is 10.2. The fourth-order valence-corrected chi connectivity index (χ4v) is 3.26. The number of halogens is 2. The minimum Gasteiger partial charge on any atom is -0.465 e. The third-order valence-corrected chi connectivity index (χ3v) is 4.69. The fraction of sp³-hybridized carbons (Fsp3) is 0.471. The molecule has 2 rings (SSSR count). The highest BCUT2D eigenvalue weighted by Gasteiger charge is 2.44. The third-order valence-electron chi connectivity index (χ3n) is 3.87. The summed E-state index contributed by atoms with van der Waals surface area (Å²) in [6.07, 6.45) is 2.56. The maximum absolute atomic E-state index is 11.8. The Hall–Kier alpha value is -1.19. The van der Waals surface area contributed by atoms with Crippen LogP contribution < -0.4 is 0 Å². The van der Waals surface area contributed by atoms with Crippen LogP contribution in [-0.4, -0.2) is 22.1 Å². The molecule has 1 fully saturated rings. The van der Waals surface area contributed by atoms with Crippen molar-refractivity contribution >= 4 is 35.4 Å². The molecule has 3 nitrogen and oxygen atoms in total. The molecule has 0 aliphatic heterocycles. The molecule has 0 bridgehead atoms. The lowest BCUT2D eigenvalue weighted by molar-refractivity contribution is 0.0768. The van der Waals surface area contributed by atoms with Crippen LogP contribution in [0.1, 0.15) is 50.8 Å². The summed E-state index contributed by atoms with van der Waals surface area (Å²) in [7, 11) is 0. The molecule has 1 N–H and O–H groups in total. The Labute approximate surface area is 141 Å². The van der Waals surface area contributed by atoms with Crippen LogP contribution in [0, 0.1) is 5.41 Å². The fourth-order valence-electron chi connectivity index (χ4n) is 2.81. The lowest BCUT2D eigenvalue weighted by Gasteiger charge is -2.40. The van der Waals surface area contributed by atoms with Crippen LogP contribution in [0.3, 0.4) is 0 Å². The van der Waals surface area contributed by atoms with Crippen molar-refractivity contribution in [2.24, 2.45) is 5.41 Å². The molecule has 1 aromatic rings. The number of benzene rings is 1. The SMILES string of the molecule is C=Cc1cc(Cl)c(Cl)c(C(N(C(=O)O)C2CC2)C(C)(C)C)c1. The van der Waals surface area contributed by atoms with Crippen molar-refractivity contribution in [3.63, 3.8) is 0 Å². The molecule has 0 saturated heterocycles. The summed E-state index contributed by atoms with van der Waals surface area (Å²) in [5.41, 5.74) is 1.26. The second-order valence-corrected chi connectivity index (χ2v) is 7.58. The van der Waals surface area contributed by atoms with Crippen LogP contribution in [0.5, 0.6) is 0 Å². The molecule has 1 aromatic carbocycles. The Balaban J connectivity index is 2.62. The Morgan fingerprint density at radius 2 is 2.00 bits per heavy atom.